The van der Waals surface area contributed by atoms with Crippen molar-refractivity contribution in [1.29, 1.82) is 0 Å². The van der Waals surface area contributed by atoms with Crippen molar-refractivity contribution in [2.45, 2.75) is 58.8 Å². The number of ether oxygens (including phenoxy) is 2. The topological polar surface area (TPSA) is 52.6 Å². The van der Waals surface area contributed by atoms with Crippen molar-refractivity contribution in [3.8, 4) is 0 Å². The normalized spacial score (nSPS) is 30.4. The third kappa shape index (κ3) is 6.36. The fraction of sp³-hybridized carbons (Fsp3) is 1.00. The fourth-order valence-corrected chi connectivity index (χ4v) is 4.24. The molecule has 0 radical (unpaired) electrons. The summed E-state index contributed by atoms with van der Waals surface area (Å²) in [6.07, 6.45) is 2.24. The lowest BCUT2D eigenvalue weighted by atomic mass is 9.97. The third-order valence-corrected chi connectivity index (χ3v) is 4.38. The molecule has 4 nitrogen and oxygen atoms in total. The fourth-order valence-electron chi connectivity index (χ4n) is 2.33. The summed E-state index contributed by atoms with van der Waals surface area (Å²) < 4.78 is 33.6. The molecule has 0 spiro atoms. The molecule has 1 aliphatic heterocycles. The Morgan fingerprint density at radius 1 is 1.28 bits per heavy atom. The molecule has 0 N–H and O–H groups in total. The van der Waals surface area contributed by atoms with Gasteiger partial charge in [0.15, 0.2) is 0 Å². The van der Waals surface area contributed by atoms with Crippen LogP contribution in [-0.4, -0.2) is 39.1 Å². The molecule has 1 rings (SSSR count). The standard InChI is InChI=1S/C12H23ClO4S/c1-9-5-11(6-10(2)17-9)16-7-12(3,4)8-18(13,14)15/h9-11H,5-8H2,1-4H3. The van der Waals surface area contributed by atoms with Crippen molar-refractivity contribution in [1.82, 2.24) is 0 Å². The van der Waals surface area contributed by atoms with Gasteiger partial charge in [0.25, 0.3) is 0 Å². The Kier molecular flexibility index (Phi) is 5.47. The van der Waals surface area contributed by atoms with Crippen LogP contribution in [0.1, 0.15) is 40.5 Å². The Labute approximate surface area is 114 Å². The van der Waals surface area contributed by atoms with Gasteiger partial charge in [0.05, 0.1) is 30.7 Å². The molecule has 0 saturated carbocycles. The minimum absolute atomic E-state index is 0.0735. The lowest BCUT2D eigenvalue weighted by molar-refractivity contribution is -0.111. The molecule has 2 atom stereocenters. The predicted molar refractivity (Wildman–Crippen MR) is 72.4 cm³/mol. The smallest absolute Gasteiger partial charge is 0.233 e. The van der Waals surface area contributed by atoms with Crippen LogP contribution in [0.3, 0.4) is 0 Å². The minimum Gasteiger partial charge on any atom is -0.377 e. The second kappa shape index (κ2) is 6.07. The van der Waals surface area contributed by atoms with Gasteiger partial charge in [-0.2, -0.15) is 0 Å². The summed E-state index contributed by atoms with van der Waals surface area (Å²) in [6, 6.07) is 0. The Bertz CT molecular complexity index is 356. The van der Waals surface area contributed by atoms with E-state index in [1.165, 1.54) is 0 Å². The van der Waals surface area contributed by atoms with Crippen molar-refractivity contribution in [3.05, 3.63) is 0 Å². The summed E-state index contributed by atoms with van der Waals surface area (Å²) in [5.74, 6) is -0.0735. The second-order valence-electron chi connectivity index (χ2n) is 6.01. The van der Waals surface area contributed by atoms with Gasteiger partial charge in [0.1, 0.15) is 0 Å². The monoisotopic (exact) mass is 298 g/mol. The van der Waals surface area contributed by atoms with Gasteiger partial charge in [0, 0.05) is 16.1 Å². The van der Waals surface area contributed by atoms with Gasteiger partial charge in [-0.05, 0) is 26.7 Å². The van der Waals surface area contributed by atoms with Crippen molar-refractivity contribution < 1.29 is 17.9 Å². The lowest BCUT2D eigenvalue weighted by Crippen LogP contribution is -2.37. The molecule has 0 aromatic rings. The first kappa shape index (κ1) is 16.2. The second-order valence-corrected chi connectivity index (χ2v) is 8.79. The molecule has 18 heavy (non-hydrogen) atoms. The van der Waals surface area contributed by atoms with E-state index in [0.29, 0.717) is 6.61 Å². The summed E-state index contributed by atoms with van der Waals surface area (Å²) in [7, 11) is 1.79. The average molecular weight is 299 g/mol. The first-order valence-electron chi connectivity index (χ1n) is 6.27. The average Bonchev–Trinajstić information content (AvgIpc) is 2.09. The number of rotatable bonds is 5. The van der Waals surface area contributed by atoms with E-state index < -0.39 is 14.5 Å². The molecule has 1 saturated heterocycles. The Hall–Kier alpha value is 0.160. The summed E-state index contributed by atoms with van der Waals surface area (Å²) in [4.78, 5) is 0. The van der Waals surface area contributed by atoms with Crippen molar-refractivity contribution in [2.24, 2.45) is 5.41 Å². The van der Waals surface area contributed by atoms with Crippen LogP contribution in [-0.2, 0) is 18.5 Å². The van der Waals surface area contributed by atoms with Crippen molar-refractivity contribution >= 4 is 19.7 Å². The van der Waals surface area contributed by atoms with Gasteiger partial charge in [0.2, 0.25) is 9.05 Å². The van der Waals surface area contributed by atoms with Gasteiger partial charge in [-0.15, -0.1) is 0 Å². The Morgan fingerprint density at radius 2 is 1.78 bits per heavy atom. The first-order chi connectivity index (χ1) is 8.07. The van der Waals surface area contributed by atoms with E-state index in [1.807, 2.05) is 27.7 Å². The van der Waals surface area contributed by atoms with Gasteiger partial charge in [-0.1, -0.05) is 13.8 Å². The highest BCUT2D eigenvalue weighted by Crippen LogP contribution is 2.26. The van der Waals surface area contributed by atoms with Crippen LogP contribution >= 0.6 is 10.7 Å². The molecular weight excluding hydrogens is 276 g/mol. The van der Waals surface area contributed by atoms with Gasteiger partial charge < -0.3 is 9.47 Å². The van der Waals surface area contributed by atoms with E-state index in [2.05, 4.69) is 0 Å². The van der Waals surface area contributed by atoms with Gasteiger partial charge in [-0.25, -0.2) is 8.42 Å². The van der Waals surface area contributed by atoms with Gasteiger partial charge in [-0.3, -0.25) is 0 Å². The van der Waals surface area contributed by atoms with Crippen LogP contribution in [0, 0.1) is 5.41 Å². The van der Waals surface area contributed by atoms with E-state index >= 15 is 0 Å². The van der Waals surface area contributed by atoms with E-state index in [4.69, 9.17) is 20.2 Å². The molecule has 1 heterocycles. The summed E-state index contributed by atoms with van der Waals surface area (Å²) >= 11 is 0. The summed E-state index contributed by atoms with van der Waals surface area (Å²) in [5, 5.41) is 0. The Morgan fingerprint density at radius 3 is 2.22 bits per heavy atom. The van der Waals surface area contributed by atoms with Crippen molar-refractivity contribution in [2.75, 3.05) is 12.4 Å². The lowest BCUT2D eigenvalue weighted by Gasteiger charge is -2.34. The molecule has 0 aromatic heterocycles. The van der Waals surface area contributed by atoms with E-state index in [0.717, 1.165) is 12.8 Å². The molecule has 1 aliphatic rings. The van der Waals surface area contributed by atoms with Crippen LogP contribution in [0.4, 0.5) is 0 Å². The number of halogens is 1. The molecule has 108 valence electrons. The highest BCUT2D eigenvalue weighted by molar-refractivity contribution is 8.13. The van der Waals surface area contributed by atoms with Crippen molar-refractivity contribution in [3.63, 3.8) is 0 Å². The maximum Gasteiger partial charge on any atom is 0.233 e. The van der Waals surface area contributed by atoms with Gasteiger partial charge >= 0.3 is 0 Å². The molecule has 0 bridgehead atoms. The zero-order valence-electron chi connectivity index (χ0n) is 11.5. The van der Waals surface area contributed by atoms with Crippen LogP contribution in [0.25, 0.3) is 0 Å². The highest BCUT2D eigenvalue weighted by Gasteiger charge is 2.29. The number of hydrogen-bond donors (Lipinski definition) is 0. The molecular formula is C12H23ClO4S. The molecule has 1 fully saturated rings. The first-order valence-corrected chi connectivity index (χ1v) is 8.75. The Balaban J connectivity index is 2.44. The largest absolute Gasteiger partial charge is 0.377 e. The molecule has 2 unspecified atom stereocenters. The molecule has 0 aliphatic carbocycles. The third-order valence-electron chi connectivity index (χ3n) is 2.93. The van der Waals surface area contributed by atoms with Crippen LogP contribution in [0.5, 0.6) is 0 Å². The summed E-state index contributed by atoms with van der Waals surface area (Å²) in [5.41, 5.74) is -0.467. The molecule has 0 amide bonds. The molecule has 0 aromatic carbocycles. The number of hydrogen-bond acceptors (Lipinski definition) is 4. The van der Waals surface area contributed by atoms with E-state index in [-0.39, 0.29) is 24.1 Å². The molecule has 6 heteroatoms. The van der Waals surface area contributed by atoms with Crippen LogP contribution in [0.2, 0.25) is 0 Å². The van der Waals surface area contributed by atoms with Crippen LogP contribution in [0.15, 0.2) is 0 Å². The maximum absolute atomic E-state index is 11.1. The van der Waals surface area contributed by atoms with E-state index in [9.17, 15) is 8.42 Å². The highest BCUT2D eigenvalue weighted by atomic mass is 35.7. The van der Waals surface area contributed by atoms with Crippen LogP contribution < -0.4 is 0 Å². The zero-order chi connectivity index (χ0) is 14.0. The maximum atomic E-state index is 11.1. The predicted octanol–water partition coefficient (Wildman–Crippen LogP) is 2.55. The van der Waals surface area contributed by atoms with E-state index in [1.54, 1.807) is 0 Å². The SMILES string of the molecule is CC1CC(OCC(C)(C)CS(=O)(=O)Cl)CC(C)O1. The minimum atomic E-state index is -3.49. The zero-order valence-corrected chi connectivity index (χ0v) is 13.1. The summed E-state index contributed by atoms with van der Waals surface area (Å²) in [6.45, 7) is 8.14. The quantitative estimate of drug-likeness (QED) is 0.732.